The second-order valence-electron chi connectivity index (χ2n) is 10.1. The molecule has 0 aliphatic carbocycles. The molecule has 45 heavy (non-hydrogen) atoms. The van der Waals surface area contributed by atoms with Crippen LogP contribution in [0.15, 0.2) is 28.6 Å². The molecular formula is C20H23N9O14P2. The van der Waals surface area contributed by atoms with Gasteiger partial charge in [-0.15, -0.1) is 0 Å². The van der Waals surface area contributed by atoms with Crippen LogP contribution >= 0.6 is 15.6 Å². The molecule has 8 N–H and O–H groups in total. The first kappa shape index (κ1) is 30.2. The van der Waals surface area contributed by atoms with Crippen molar-refractivity contribution in [3.8, 4) is 0 Å². The van der Waals surface area contributed by atoms with Crippen LogP contribution in [0.5, 0.6) is 0 Å². The number of anilines is 1. The number of nitrogen functional groups attached to an aromatic ring is 1. The van der Waals surface area contributed by atoms with E-state index in [9.17, 15) is 38.7 Å². The first-order chi connectivity index (χ1) is 21.3. The van der Waals surface area contributed by atoms with Gasteiger partial charge in [0.1, 0.15) is 36.6 Å². The number of hydrogen-bond donors (Lipinski definition) is 7. The number of nitrogens with one attached hydrogen (secondary N) is 2. The van der Waals surface area contributed by atoms with E-state index >= 15 is 0 Å². The SMILES string of the molecule is Nc1nc2c(ncn2[C@@H]2O[C@@H]3COP(=O)(O)OC4[C@@H](COP(=O)(O)O[C@@H]3C2O)O[C@@H](n2cnc3c(=O)[nH]cnc32)[C@H]4O)c(=O)[nH]1. The number of nitrogens with zero attached hydrogens (tertiary/aromatic N) is 6. The Hall–Kier alpha value is -3.44. The van der Waals surface area contributed by atoms with Crippen LogP contribution in [-0.4, -0.2) is 109 Å². The first-order valence-corrected chi connectivity index (χ1v) is 15.9. The van der Waals surface area contributed by atoms with Crippen LogP contribution in [0.25, 0.3) is 22.3 Å². The van der Waals surface area contributed by atoms with Crippen LogP contribution in [0.4, 0.5) is 5.95 Å². The van der Waals surface area contributed by atoms with Crippen LogP contribution in [0.2, 0.25) is 0 Å². The summed E-state index contributed by atoms with van der Waals surface area (Å²) in [7, 11) is -10.1. The van der Waals surface area contributed by atoms with E-state index in [-0.39, 0.29) is 28.3 Å². The summed E-state index contributed by atoms with van der Waals surface area (Å²) in [5.74, 6) is -0.275. The van der Waals surface area contributed by atoms with E-state index in [1.54, 1.807) is 0 Å². The third-order valence-electron chi connectivity index (χ3n) is 7.30. The highest BCUT2D eigenvalue weighted by Gasteiger charge is 2.54. The van der Waals surface area contributed by atoms with E-state index in [0.717, 1.165) is 28.1 Å². The number of aliphatic hydroxyl groups excluding tert-OH is 2. The lowest BCUT2D eigenvalue weighted by molar-refractivity contribution is -0.0664. The average Bonchev–Trinajstić information content (AvgIpc) is 3.72. The lowest BCUT2D eigenvalue weighted by atomic mass is 10.1. The van der Waals surface area contributed by atoms with Gasteiger partial charge in [0.15, 0.2) is 34.8 Å². The van der Waals surface area contributed by atoms with Crippen molar-refractivity contribution in [1.29, 1.82) is 0 Å². The summed E-state index contributed by atoms with van der Waals surface area (Å²) in [5.41, 5.74) is 3.96. The number of nitrogens with two attached hydrogens (primary N) is 1. The fourth-order valence-electron chi connectivity index (χ4n) is 5.31. The van der Waals surface area contributed by atoms with Crippen molar-refractivity contribution in [2.24, 2.45) is 0 Å². The predicted molar refractivity (Wildman–Crippen MR) is 142 cm³/mol. The van der Waals surface area contributed by atoms with Crippen molar-refractivity contribution in [1.82, 2.24) is 39.0 Å². The molecule has 242 valence electrons. The number of H-pyrrole nitrogens is 2. The summed E-state index contributed by atoms with van der Waals surface area (Å²) in [5, 5.41) is 22.2. The highest BCUT2D eigenvalue weighted by Crippen LogP contribution is 2.53. The van der Waals surface area contributed by atoms with E-state index in [1.165, 1.54) is 0 Å². The Kier molecular flexibility index (Phi) is 7.27. The third-order valence-corrected chi connectivity index (χ3v) is 9.27. The molecule has 0 saturated carbocycles. The highest BCUT2D eigenvalue weighted by atomic mass is 31.2. The minimum Gasteiger partial charge on any atom is -0.386 e. The maximum atomic E-state index is 13.1. The Morgan fingerprint density at radius 3 is 1.89 bits per heavy atom. The number of aromatic nitrogens is 8. The molecule has 3 aliphatic rings. The molecule has 0 aromatic carbocycles. The van der Waals surface area contributed by atoms with Gasteiger partial charge in [0, 0.05) is 0 Å². The van der Waals surface area contributed by atoms with Crippen molar-refractivity contribution >= 4 is 43.9 Å². The molecule has 3 aliphatic heterocycles. The van der Waals surface area contributed by atoms with Gasteiger partial charge in [0.05, 0.1) is 32.2 Å². The molecule has 0 radical (unpaired) electrons. The number of ether oxygens (including phenoxy) is 2. The number of fused-ring (bicyclic) bond motifs is 4. The van der Waals surface area contributed by atoms with E-state index in [0.29, 0.717) is 0 Å². The fraction of sp³-hybridized carbons (Fsp3) is 0.500. The summed E-state index contributed by atoms with van der Waals surface area (Å²) < 4.78 is 60.6. The Labute approximate surface area is 247 Å². The predicted octanol–water partition coefficient (Wildman–Crippen LogP) is -2.63. The summed E-state index contributed by atoms with van der Waals surface area (Å²) in [6.45, 7) is -1.70. The fourth-order valence-corrected chi connectivity index (χ4v) is 7.24. The molecule has 25 heteroatoms. The van der Waals surface area contributed by atoms with Crippen LogP contribution in [0.1, 0.15) is 12.5 Å². The van der Waals surface area contributed by atoms with Crippen LogP contribution in [-0.2, 0) is 36.7 Å². The topological polar surface area (TPSA) is 324 Å². The van der Waals surface area contributed by atoms with Gasteiger partial charge >= 0.3 is 15.6 Å². The second-order valence-corrected chi connectivity index (χ2v) is 12.9. The van der Waals surface area contributed by atoms with Crippen molar-refractivity contribution in [3.63, 3.8) is 0 Å². The van der Waals surface area contributed by atoms with E-state index in [1.807, 2.05) is 0 Å². The van der Waals surface area contributed by atoms with Gasteiger partial charge in [-0.2, -0.15) is 4.98 Å². The van der Waals surface area contributed by atoms with Crippen LogP contribution in [0.3, 0.4) is 0 Å². The lowest BCUT2D eigenvalue weighted by Gasteiger charge is -2.27. The molecule has 10 atom stereocenters. The van der Waals surface area contributed by atoms with E-state index in [2.05, 4.69) is 29.9 Å². The largest absolute Gasteiger partial charge is 0.472 e. The monoisotopic (exact) mass is 675 g/mol. The maximum Gasteiger partial charge on any atom is 0.472 e. The van der Waals surface area contributed by atoms with Crippen LogP contribution in [0, 0.1) is 0 Å². The molecule has 0 amide bonds. The smallest absolute Gasteiger partial charge is 0.386 e. The molecule has 0 bridgehead atoms. The maximum absolute atomic E-state index is 13.1. The number of phosphoric acid groups is 2. The number of rotatable bonds is 2. The average molecular weight is 675 g/mol. The standard InChI is InChI=1S/C20H23N9O14P2/c21-20-26-15-9(17(33)27-20)25-5-29(15)19-11(31)13-7(41-19)2-39-44(34,35)42-12-6(1-38-45(36,37)43-13)40-18(10(12)30)28-4-24-8-14(28)22-3-23-16(8)32/h3-7,10-13,18-19,30-31H,1-2H2,(H,34,35)(H,36,37)(H,22,23,32)(H3,21,26,27,33)/t6-,7-,10+,11?,12?,13+,18-,19-/m1/s1. The van der Waals surface area contributed by atoms with Gasteiger partial charge in [-0.3, -0.25) is 41.8 Å². The normalized spacial score (nSPS) is 37.7. The van der Waals surface area contributed by atoms with Gasteiger partial charge in [-0.05, 0) is 0 Å². The quantitative estimate of drug-likeness (QED) is 0.107. The van der Waals surface area contributed by atoms with E-state index in [4.69, 9.17) is 33.3 Å². The van der Waals surface area contributed by atoms with Gasteiger partial charge in [-0.1, -0.05) is 0 Å². The zero-order valence-electron chi connectivity index (χ0n) is 22.3. The zero-order chi connectivity index (χ0) is 31.8. The van der Waals surface area contributed by atoms with Gasteiger partial charge in [0.25, 0.3) is 11.1 Å². The van der Waals surface area contributed by atoms with Crippen LogP contribution < -0.4 is 16.9 Å². The molecular weight excluding hydrogens is 652 g/mol. The highest BCUT2D eigenvalue weighted by molar-refractivity contribution is 7.47. The van der Waals surface area contributed by atoms with Gasteiger partial charge in [-0.25, -0.2) is 24.1 Å². The summed E-state index contributed by atoms with van der Waals surface area (Å²) >= 11 is 0. The Bertz CT molecular complexity index is 2000. The minimum atomic E-state index is -5.08. The molecule has 7 rings (SSSR count). The molecule has 4 aromatic heterocycles. The number of phosphoric ester groups is 2. The van der Waals surface area contributed by atoms with Crippen molar-refractivity contribution in [3.05, 3.63) is 39.7 Å². The first-order valence-electron chi connectivity index (χ1n) is 12.9. The Balaban J connectivity index is 1.17. The second kappa shape index (κ2) is 10.8. The molecule has 7 heterocycles. The lowest BCUT2D eigenvalue weighted by Crippen LogP contribution is -2.39. The van der Waals surface area contributed by atoms with Crippen molar-refractivity contribution in [2.75, 3.05) is 18.9 Å². The number of imidazole rings is 2. The molecule has 3 fully saturated rings. The summed E-state index contributed by atoms with van der Waals surface area (Å²) in [6, 6.07) is 0. The van der Waals surface area contributed by atoms with E-state index < -0.39 is 89.1 Å². The number of aliphatic hydroxyl groups is 2. The minimum absolute atomic E-state index is 0.0118. The van der Waals surface area contributed by atoms with Gasteiger partial charge < -0.3 is 40.2 Å². The molecule has 0 spiro atoms. The summed E-state index contributed by atoms with van der Waals surface area (Å²) in [4.78, 5) is 65.9. The number of hydrogen-bond acceptors (Lipinski definition) is 17. The molecule has 4 aromatic rings. The molecule has 23 nitrogen and oxygen atoms in total. The van der Waals surface area contributed by atoms with Crippen molar-refractivity contribution < 1.29 is 56.7 Å². The summed E-state index contributed by atoms with van der Waals surface area (Å²) in [6.07, 6.45) is -9.53. The molecule has 3 saturated heterocycles. The van der Waals surface area contributed by atoms with Gasteiger partial charge in [0.2, 0.25) is 5.95 Å². The Morgan fingerprint density at radius 1 is 0.822 bits per heavy atom. The number of aromatic amines is 2. The third kappa shape index (κ3) is 5.31. The molecule has 4 unspecified atom stereocenters. The Morgan fingerprint density at radius 2 is 1.33 bits per heavy atom. The van der Waals surface area contributed by atoms with Crippen molar-refractivity contribution in [2.45, 2.75) is 49.1 Å². The zero-order valence-corrected chi connectivity index (χ0v) is 24.1.